The van der Waals surface area contributed by atoms with Gasteiger partial charge in [0.1, 0.15) is 5.01 Å². The molecule has 3 heteroatoms. The Balaban J connectivity index is 2.20. The molecule has 0 aromatic carbocycles. The van der Waals surface area contributed by atoms with Crippen LogP contribution in [0.25, 0.3) is 0 Å². The van der Waals surface area contributed by atoms with Crippen molar-refractivity contribution in [2.24, 2.45) is 0 Å². The van der Waals surface area contributed by atoms with E-state index in [-0.39, 0.29) is 0 Å². The minimum atomic E-state index is 0.610. The van der Waals surface area contributed by atoms with Crippen molar-refractivity contribution in [3.05, 3.63) is 16.1 Å². The highest BCUT2D eigenvalue weighted by Crippen LogP contribution is 2.11. The molecule has 14 heavy (non-hydrogen) atoms. The summed E-state index contributed by atoms with van der Waals surface area (Å²) < 4.78 is 0. The molecule has 1 N–H and O–H groups in total. The van der Waals surface area contributed by atoms with E-state index in [0.29, 0.717) is 6.04 Å². The SMILES string of the molecule is CCCCC(C)NCc1ncc(C)s1. The molecule has 1 heterocycles. The Morgan fingerprint density at radius 1 is 1.57 bits per heavy atom. The summed E-state index contributed by atoms with van der Waals surface area (Å²) in [5.41, 5.74) is 0. The maximum absolute atomic E-state index is 4.32. The van der Waals surface area contributed by atoms with Gasteiger partial charge in [0.25, 0.3) is 0 Å². The molecular weight excluding hydrogens is 192 g/mol. The third-order valence-corrected chi connectivity index (χ3v) is 3.17. The predicted octanol–water partition coefficient (Wildman–Crippen LogP) is 3.12. The van der Waals surface area contributed by atoms with E-state index in [4.69, 9.17) is 0 Å². The van der Waals surface area contributed by atoms with Gasteiger partial charge < -0.3 is 5.32 Å². The van der Waals surface area contributed by atoms with Gasteiger partial charge in [0.15, 0.2) is 0 Å². The van der Waals surface area contributed by atoms with E-state index in [1.54, 1.807) is 11.3 Å². The summed E-state index contributed by atoms with van der Waals surface area (Å²) in [7, 11) is 0. The maximum atomic E-state index is 4.32. The largest absolute Gasteiger partial charge is 0.308 e. The van der Waals surface area contributed by atoms with Gasteiger partial charge in [-0.1, -0.05) is 19.8 Å². The summed E-state index contributed by atoms with van der Waals surface area (Å²) >= 11 is 1.78. The standard InChI is InChI=1S/C11H20N2S/c1-4-5-6-9(2)12-8-11-13-7-10(3)14-11/h7,9,12H,4-6,8H2,1-3H3. The number of rotatable bonds is 6. The van der Waals surface area contributed by atoms with Gasteiger partial charge in [-0.25, -0.2) is 4.98 Å². The van der Waals surface area contributed by atoms with Gasteiger partial charge in [-0.15, -0.1) is 11.3 Å². The van der Waals surface area contributed by atoms with Gasteiger partial charge in [0, 0.05) is 23.7 Å². The monoisotopic (exact) mass is 212 g/mol. The zero-order valence-corrected chi connectivity index (χ0v) is 10.2. The van der Waals surface area contributed by atoms with E-state index in [1.165, 1.54) is 29.1 Å². The Labute approximate surface area is 90.8 Å². The first-order valence-corrected chi connectivity index (χ1v) is 6.18. The molecule has 0 radical (unpaired) electrons. The van der Waals surface area contributed by atoms with Crippen LogP contribution in [-0.2, 0) is 6.54 Å². The number of nitrogens with one attached hydrogen (secondary N) is 1. The first-order valence-electron chi connectivity index (χ1n) is 5.37. The van der Waals surface area contributed by atoms with Gasteiger partial charge in [0.05, 0.1) is 0 Å². The lowest BCUT2D eigenvalue weighted by Crippen LogP contribution is -2.25. The van der Waals surface area contributed by atoms with Crippen LogP contribution in [0.15, 0.2) is 6.20 Å². The number of unbranched alkanes of at least 4 members (excludes halogenated alkanes) is 1. The average Bonchev–Trinajstić information content (AvgIpc) is 2.58. The molecule has 1 aromatic heterocycles. The first-order chi connectivity index (χ1) is 6.72. The van der Waals surface area contributed by atoms with Crippen LogP contribution in [0.4, 0.5) is 0 Å². The fourth-order valence-corrected chi connectivity index (χ4v) is 2.10. The van der Waals surface area contributed by atoms with Crippen molar-refractivity contribution in [1.82, 2.24) is 10.3 Å². The Bertz CT molecular complexity index is 258. The molecule has 1 aromatic rings. The number of aryl methyl sites for hydroxylation is 1. The summed E-state index contributed by atoms with van der Waals surface area (Å²) in [6, 6.07) is 0.610. The number of thiazole rings is 1. The summed E-state index contributed by atoms with van der Waals surface area (Å²) in [5, 5.41) is 4.69. The van der Waals surface area contributed by atoms with Crippen LogP contribution in [0.1, 0.15) is 43.0 Å². The van der Waals surface area contributed by atoms with Crippen molar-refractivity contribution >= 4 is 11.3 Å². The van der Waals surface area contributed by atoms with Gasteiger partial charge in [-0.05, 0) is 20.3 Å². The Morgan fingerprint density at radius 3 is 2.93 bits per heavy atom. The fraction of sp³-hybridized carbons (Fsp3) is 0.727. The molecule has 0 fully saturated rings. The second-order valence-electron chi connectivity index (χ2n) is 3.79. The lowest BCUT2D eigenvalue weighted by atomic mass is 10.1. The van der Waals surface area contributed by atoms with E-state index in [9.17, 15) is 0 Å². The summed E-state index contributed by atoms with van der Waals surface area (Å²) in [6.45, 7) is 7.50. The zero-order chi connectivity index (χ0) is 10.4. The third-order valence-electron chi connectivity index (χ3n) is 2.26. The highest BCUT2D eigenvalue weighted by molar-refractivity contribution is 7.11. The Morgan fingerprint density at radius 2 is 2.36 bits per heavy atom. The molecule has 2 nitrogen and oxygen atoms in total. The minimum Gasteiger partial charge on any atom is -0.308 e. The molecule has 0 bridgehead atoms. The second-order valence-corrected chi connectivity index (χ2v) is 5.11. The molecule has 0 saturated carbocycles. The molecule has 1 atom stereocenters. The lowest BCUT2D eigenvalue weighted by Gasteiger charge is -2.11. The molecule has 0 aliphatic rings. The number of hydrogen-bond donors (Lipinski definition) is 1. The topological polar surface area (TPSA) is 24.9 Å². The number of nitrogens with zero attached hydrogens (tertiary/aromatic N) is 1. The van der Waals surface area contributed by atoms with E-state index in [0.717, 1.165) is 6.54 Å². The van der Waals surface area contributed by atoms with Crippen LogP contribution in [-0.4, -0.2) is 11.0 Å². The second kappa shape index (κ2) is 6.14. The Kier molecular flexibility index (Phi) is 5.12. The van der Waals surface area contributed by atoms with Crippen molar-refractivity contribution in [3.63, 3.8) is 0 Å². The maximum Gasteiger partial charge on any atom is 0.107 e. The van der Waals surface area contributed by atoms with Gasteiger partial charge in [0.2, 0.25) is 0 Å². The van der Waals surface area contributed by atoms with Crippen LogP contribution in [0.2, 0.25) is 0 Å². The van der Waals surface area contributed by atoms with Crippen LogP contribution >= 0.6 is 11.3 Å². The molecular formula is C11H20N2S. The van der Waals surface area contributed by atoms with Crippen molar-refractivity contribution in [1.29, 1.82) is 0 Å². The Hall–Kier alpha value is -0.410. The van der Waals surface area contributed by atoms with Crippen LogP contribution in [0, 0.1) is 6.92 Å². The highest BCUT2D eigenvalue weighted by atomic mass is 32.1. The van der Waals surface area contributed by atoms with Crippen LogP contribution < -0.4 is 5.32 Å². The number of aromatic nitrogens is 1. The fourth-order valence-electron chi connectivity index (χ4n) is 1.36. The molecule has 1 unspecified atom stereocenters. The van der Waals surface area contributed by atoms with Crippen molar-refractivity contribution in [2.45, 2.75) is 52.6 Å². The van der Waals surface area contributed by atoms with Gasteiger partial charge in [-0.3, -0.25) is 0 Å². The molecule has 0 aliphatic heterocycles. The normalized spacial score (nSPS) is 13.1. The third kappa shape index (κ3) is 4.20. The van der Waals surface area contributed by atoms with Crippen molar-refractivity contribution in [3.8, 4) is 0 Å². The summed E-state index contributed by atoms with van der Waals surface area (Å²) in [6.07, 6.45) is 5.80. The smallest absolute Gasteiger partial charge is 0.107 e. The van der Waals surface area contributed by atoms with Gasteiger partial charge >= 0.3 is 0 Å². The van der Waals surface area contributed by atoms with Gasteiger partial charge in [-0.2, -0.15) is 0 Å². The predicted molar refractivity (Wildman–Crippen MR) is 62.7 cm³/mol. The molecule has 0 spiro atoms. The summed E-state index contributed by atoms with van der Waals surface area (Å²) in [4.78, 5) is 5.62. The van der Waals surface area contributed by atoms with E-state index in [2.05, 4.69) is 31.1 Å². The first kappa shape index (κ1) is 11.7. The zero-order valence-electron chi connectivity index (χ0n) is 9.34. The minimum absolute atomic E-state index is 0.610. The molecule has 80 valence electrons. The summed E-state index contributed by atoms with van der Waals surface area (Å²) in [5.74, 6) is 0. The van der Waals surface area contributed by atoms with E-state index >= 15 is 0 Å². The average molecular weight is 212 g/mol. The molecule has 0 saturated heterocycles. The van der Waals surface area contributed by atoms with E-state index < -0.39 is 0 Å². The van der Waals surface area contributed by atoms with Crippen molar-refractivity contribution in [2.75, 3.05) is 0 Å². The quantitative estimate of drug-likeness (QED) is 0.783. The van der Waals surface area contributed by atoms with Crippen LogP contribution in [0.5, 0.6) is 0 Å². The van der Waals surface area contributed by atoms with E-state index in [1.807, 2.05) is 6.20 Å². The molecule has 0 amide bonds. The molecule has 1 rings (SSSR count). The highest BCUT2D eigenvalue weighted by Gasteiger charge is 2.02. The lowest BCUT2D eigenvalue weighted by molar-refractivity contribution is 0.494. The molecule has 0 aliphatic carbocycles. The number of hydrogen-bond acceptors (Lipinski definition) is 3. The van der Waals surface area contributed by atoms with Crippen molar-refractivity contribution < 1.29 is 0 Å². The van der Waals surface area contributed by atoms with Crippen LogP contribution in [0.3, 0.4) is 0 Å².